The van der Waals surface area contributed by atoms with Gasteiger partial charge in [0, 0.05) is 5.69 Å². The van der Waals surface area contributed by atoms with E-state index in [4.69, 9.17) is 4.74 Å². The lowest BCUT2D eigenvalue weighted by molar-refractivity contribution is -0.118. The molecule has 3 nitrogen and oxygen atoms in total. The monoisotopic (exact) mass is 255 g/mol. The van der Waals surface area contributed by atoms with Crippen molar-refractivity contribution in [2.75, 3.05) is 11.9 Å². The molecule has 19 heavy (non-hydrogen) atoms. The summed E-state index contributed by atoms with van der Waals surface area (Å²) in [5, 5.41) is 2.83. The van der Waals surface area contributed by atoms with E-state index in [1.807, 2.05) is 56.3 Å². The van der Waals surface area contributed by atoms with Crippen LogP contribution < -0.4 is 10.1 Å². The van der Waals surface area contributed by atoms with E-state index in [2.05, 4.69) is 11.4 Å². The van der Waals surface area contributed by atoms with Crippen molar-refractivity contribution in [2.45, 2.75) is 13.8 Å². The number of carbonyl (C=O) groups excluding carboxylic acids is 1. The maximum absolute atomic E-state index is 11.8. The predicted octanol–water partition coefficient (Wildman–Crippen LogP) is 3.32. The van der Waals surface area contributed by atoms with Gasteiger partial charge in [-0.15, -0.1) is 0 Å². The number of rotatable bonds is 4. The van der Waals surface area contributed by atoms with Crippen molar-refractivity contribution >= 4 is 11.6 Å². The summed E-state index contributed by atoms with van der Waals surface area (Å²) in [5.41, 5.74) is 3.05. The number of ether oxygens (including phenoxy) is 1. The van der Waals surface area contributed by atoms with Crippen molar-refractivity contribution in [1.29, 1.82) is 0 Å². The third kappa shape index (κ3) is 4.14. The minimum Gasteiger partial charge on any atom is -0.484 e. The number of hydrogen-bond donors (Lipinski definition) is 1. The lowest BCUT2D eigenvalue weighted by Crippen LogP contribution is -2.20. The lowest BCUT2D eigenvalue weighted by Gasteiger charge is -2.09. The van der Waals surface area contributed by atoms with Gasteiger partial charge in [-0.3, -0.25) is 4.79 Å². The van der Waals surface area contributed by atoms with E-state index >= 15 is 0 Å². The van der Waals surface area contributed by atoms with Crippen LogP contribution >= 0.6 is 0 Å². The molecule has 2 aromatic rings. The van der Waals surface area contributed by atoms with Crippen LogP contribution in [0.2, 0.25) is 0 Å². The molecular weight excluding hydrogens is 238 g/mol. The number of para-hydroxylation sites is 1. The van der Waals surface area contributed by atoms with E-state index in [-0.39, 0.29) is 12.5 Å². The molecule has 0 radical (unpaired) electrons. The second-order valence-electron chi connectivity index (χ2n) is 4.53. The summed E-state index contributed by atoms with van der Waals surface area (Å²) in [6.07, 6.45) is 0. The summed E-state index contributed by atoms with van der Waals surface area (Å²) in [6.45, 7) is 4.02. The number of aryl methyl sites for hydroxylation is 2. The molecule has 0 heterocycles. The van der Waals surface area contributed by atoms with Crippen LogP contribution in [0.25, 0.3) is 0 Å². The molecule has 3 heteroatoms. The topological polar surface area (TPSA) is 38.3 Å². The second-order valence-corrected chi connectivity index (χ2v) is 4.53. The van der Waals surface area contributed by atoms with E-state index < -0.39 is 0 Å². The number of hydrogen-bond acceptors (Lipinski definition) is 2. The fourth-order valence-electron chi connectivity index (χ4n) is 1.91. The van der Waals surface area contributed by atoms with Crippen LogP contribution in [0.1, 0.15) is 11.1 Å². The summed E-state index contributed by atoms with van der Waals surface area (Å²) in [4.78, 5) is 11.8. The SMILES string of the molecule is Cc1cc(C)cc(NC(=O)COc2ccccc2)c1. The standard InChI is InChI=1S/C16H17NO2/c1-12-8-13(2)10-14(9-12)17-16(18)11-19-15-6-4-3-5-7-15/h3-10H,11H2,1-2H3,(H,17,18). The normalized spacial score (nSPS) is 10.0. The largest absolute Gasteiger partial charge is 0.484 e. The zero-order valence-corrected chi connectivity index (χ0v) is 11.1. The summed E-state index contributed by atoms with van der Waals surface area (Å²) >= 11 is 0. The molecule has 0 aliphatic carbocycles. The zero-order valence-electron chi connectivity index (χ0n) is 11.1. The molecule has 1 N–H and O–H groups in total. The van der Waals surface area contributed by atoms with Crippen molar-refractivity contribution in [2.24, 2.45) is 0 Å². The van der Waals surface area contributed by atoms with Gasteiger partial charge in [0.1, 0.15) is 5.75 Å². The molecule has 0 spiro atoms. The number of amides is 1. The second kappa shape index (κ2) is 6.05. The van der Waals surface area contributed by atoms with Crippen LogP contribution in [0.15, 0.2) is 48.5 Å². The highest BCUT2D eigenvalue weighted by Crippen LogP contribution is 2.14. The number of anilines is 1. The van der Waals surface area contributed by atoms with Crippen molar-refractivity contribution in [3.05, 3.63) is 59.7 Å². The average Bonchev–Trinajstić information content (AvgIpc) is 2.36. The summed E-state index contributed by atoms with van der Waals surface area (Å²) in [5.74, 6) is 0.534. The van der Waals surface area contributed by atoms with Crippen molar-refractivity contribution in [3.8, 4) is 5.75 Å². The Balaban J connectivity index is 1.91. The van der Waals surface area contributed by atoms with Crippen molar-refractivity contribution in [3.63, 3.8) is 0 Å². The molecule has 1 amide bonds. The lowest BCUT2D eigenvalue weighted by atomic mass is 10.1. The molecule has 0 aliphatic rings. The Morgan fingerprint density at radius 3 is 2.32 bits per heavy atom. The van der Waals surface area contributed by atoms with Crippen LogP contribution in [0.4, 0.5) is 5.69 Å². The van der Waals surface area contributed by atoms with Crippen LogP contribution in [0, 0.1) is 13.8 Å². The molecule has 0 saturated carbocycles. The Morgan fingerprint density at radius 1 is 1.05 bits per heavy atom. The Hall–Kier alpha value is -2.29. The predicted molar refractivity (Wildman–Crippen MR) is 76.5 cm³/mol. The van der Waals surface area contributed by atoms with E-state index in [9.17, 15) is 4.79 Å². The molecule has 0 aliphatic heterocycles. The molecule has 2 rings (SSSR count). The summed E-state index contributed by atoms with van der Waals surface area (Å²) in [7, 11) is 0. The Kier molecular flexibility index (Phi) is 4.18. The Bertz CT molecular complexity index is 544. The van der Waals surface area contributed by atoms with Gasteiger partial charge in [-0.2, -0.15) is 0 Å². The van der Waals surface area contributed by atoms with E-state index in [1.165, 1.54) is 0 Å². The summed E-state index contributed by atoms with van der Waals surface area (Å²) < 4.78 is 5.39. The van der Waals surface area contributed by atoms with Gasteiger partial charge >= 0.3 is 0 Å². The molecular formula is C16H17NO2. The minimum atomic E-state index is -0.158. The fourth-order valence-corrected chi connectivity index (χ4v) is 1.91. The highest BCUT2D eigenvalue weighted by molar-refractivity contribution is 5.92. The molecule has 98 valence electrons. The van der Waals surface area contributed by atoms with E-state index in [0.29, 0.717) is 5.75 Å². The molecule has 0 bridgehead atoms. The molecule has 0 unspecified atom stereocenters. The maximum atomic E-state index is 11.8. The fraction of sp³-hybridized carbons (Fsp3) is 0.188. The van der Waals surface area contributed by atoms with Gasteiger partial charge in [0.2, 0.25) is 0 Å². The smallest absolute Gasteiger partial charge is 0.262 e. The van der Waals surface area contributed by atoms with Crippen LogP contribution in [0.5, 0.6) is 5.75 Å². The van der Waals surface area contributed by atoms with Crippen LogP contribution in [-0.2, 0) is 4.79 Å². The zero-order chi connectivity index (χ0) is 13.7. The molecule has 0 aromatic heterocycles. The first-order valence-electron chi connectivity index (χ1n) is 6.19. The average molecular weight is 255 g/mol. The summed E-state index contributed by atoms with van der Waals surface area (Å²) in [6, 6.07) is 15.2. The van der Waals surface area contributed by atoms with Gasteiger partial charge < -0.3 is 10.1 Å². The van der Waals surface area contributed by atoms with Gasteiger partial charge in [-0.1, -0.05) is 24.3 Å². The van der Waals surface area contributed by atoms with Gasteiger partial charge in [-0.05, 0) is 49.2 Å². The van der Waals surface area contributed by atoms with Gasteiger partial charge in [-0.25, -0.2) is 0 Å². The molecule has 2 aromatic carbocycles. The maximum Gasteiger partial charge on any atom is 0.262 e. The first kappa shape index (κ1) is 13.1. The number of benzene rings is 2. The number of nitrogens with one attached hydrogen (secondary N) is 1. The van der Waals surface area contributed by atoms with Crippen molar-refractivity contribution < 1.29 is 9.53 Å². The highest BCUT2D eigenvalue weighted by Gasteiger charge is 2.04. The Labute approximate surface area is 113 Å². The van der Waals surface area contributed by atoms with Crippen molar-refractivity contribution in [1.82, 2.24) is 0 Å². The quantitative estimate of drug-likeness (QED) is 0.910. The third-order valence-corrected chi connectivity index (χ3v) is 2.62. The van der Waals surface area contributed by atoms with Crippen LogP contribution in [0.3, 0.4) is 0 Å². The van der Waals surface area contributed by atoms with E-state index in [1.54, 1.807) is 0 Å². The molecule has 0 atom stereocenters. The highest BCUT2D eigenvalue weighted by atomic mass is 16.5. The van der Waals surface area contributed by atoms with Gasteiger partial charge in [0.05, 0.1) is 0 Å². The molecule has 0 fully saturated rings. The minimum absolute atomic E-state index is 0.0109. The molecule has 0 saturated heterocycles. The third-order valence-electron chi connectivity index (χ3n) is 2.62. The first-order valence-corrected chi connectivity index (χ1v) is 6.19. The van der Waals surface area contributed by atoms with E-state index in [0.717, 1.165) is 16.8 Å². The Morgan fingerprint density at radius 2 is 1.68 bits per heavy atom. The number of carbonyl (C=O) groups is 1. The van der Waals surface area contributed by atoms with Gasteiger partial charge in [0.15, 0.2) is 6.61 Å². The first-order chi connectivity index (χ1) is 9.13. The van der Waals surface area contributed by atoms with Crippen LogP contribution in [-0.4, -0.2) is 12.5 Å². The van der Waals surface area contributed by atoms with Gasteiger partial charge in [0.25, 0.3) is 5.91 Å².